The number of hydrogen-bond acceptors (Lipinski definition) is 11. The second-order valence-electron chi connectivity index (χ2n) is 18.7. The highest BCUT2D eigenvalue weighted by molar-refractivity contribution is 5.98. The highest BCUT2D eigenvalue weighted by Gasteiger charge is 2.34. The molecule has 2 heterocycles. The Labute approximate surface area is 451 Å². The van der Waals surface area contributed by atoms with Gasteiger partial charge in [-0.15, -0.1) is 0 Å². The number of nitrogens with zero attached hydrogens (tertiary/aromatic N) is 2. The van der Waals surface area contributed by atoms with E-state index in [4.69, 9.17) is 17.2 Å². The maximum absolute atomic E-state index is 14.7. The van der Waals surface area contributed by atoms with Gasteiger partial charge in [0.2, 0.25) is 53.2 Å². The third kappa shape index (κ3) is 20.2. The van der Waals surface area contributed by atoms with Crippen molar-refractivity contribution in [1.82, 2.24) is 57.5 Å². The molecule has 0 saturated heterocycles. The summed E-state index contributed by atoms with van der Waals surface area (Å²) >= 11 is 0. The number of rotatable bonds is 32. The predicted octanol–water partition coefficient (Wildman–Crippen LogP) is -0.211. The first-order chi connectivity index (χ1) is 37.5. The topological polar surface area (TPSA) is 385 Å². The summed E-state index contributed by atoms with van der Waals surface area (Å²) < 4.78 is 0. The molecule has 78 heavy (non-hydrogen) atoms. The minimum absolute atomic E-state index is 0.0279. The Morgan fingerprint density at radius 1 is 0.577 bits per heavy atom. The molecule has 0 aliphatic rings. The number of imidazole rings is 1. The van der Waals surface area contributed by atoms with E-state index in [0.29, 0.717) is 29.7 Å². The van der Waals surface area contributed by atoms with Crippen molar-refractivity contribution in [1.29, 1.82) is 0 Å². The first-order valence-corrected chi connectivity index (χ1v) is 25.8. The second kappa shape index (κ2) is 31.1. The Bertz CT molecular complexity index is 2820. The lowest BCUT2D eigenvalue weighted by Crippen LogP contribution is -2.60. The van der Waals surface area contributed by atoms with Crippen LogP contribution < -0.4 is 59.7 Å². The molecular formula is C54H71N15O9. The molecule has 0 fully saturated rings. The quantitative estimate of drug-likeness (QED) is 0.0151. The van der Waals surface area contributed by atoms with Gasteiger partial charge in [-0.25, -0.2) is 4.98 Å². The summed E-state index contributed by atoms with van der Waals surface area (Å²) in [5, 5.41) is 22.4. The third-order valence-corrected chi connectivity index (χ3v) is 12.4. The third-order valence-electron chi connectivity index (χ3n) is 12.4. The van der Waals surface area contributed by atoms with Crippen LogP contribution in [0.25, 0.3) is 10.9 Å². The molecule has 3 aromatic carbocycles. The van der Waals surface area contributed by atoms with Gasteiger partial charge in [0.15, 0.2) is 5.96 Å². The van der Waals surface area contributed by atoms with E-state index in [9.17, 15) is 43.2 Å². The summed E-state index contributed by atoms with van der Waals surface area (Å²) in [6, 6.07) is 17.4. The average molecular weight is 1070 g/mol. The van der Waals surface area contributed by atoms with Crippen LogP contribution in [0.2, 0.25) is 0 Å². The molecule has 0 radical (unpaired) electrons. The number of fused-ring (bicyclic) bond motifs is 1. The molecule has 2 aromatic heterocycles. The summed E-state index contributed by atoms with van der Waals surface area (Å²) in [4.78, 5) is 137. The van der Waals surface area contributed by atoms with Crippen molar-refractivity contribution in [2.75, 3.05) is 13.1 Å². The Balaban J connectivity index is 1.41. The number of para-hydroxylation sites is 1. The molecular weight excluding hydrogens is 1000 g/mol. The van der Waals surface area contributed by atoms with Crippen molar-refractivity contribution < 1.29 is 43.2 Å². The first-order valence-electron chi connectivity index (χ1n) is 25.8. The fourth-order valence-electron chi connectivity index (χ4n) is 8.38. The van der Waals surface area contributed by atoms with E-state index < -0.39 is 96.0 Å². The van der Waals surface area contributed by atoms with E-state index in [1.54, 1.807) is 36.5 Å². The number of unbranched alkanes of at least 4 members (excludes halogenated alkanes) is 1. The number of H-pyrrole nitrogens is 2. The number of hydrogen-bond donors (Lipinski definition) is 13. The number of aliphatic imine (C=N–C) groups is 1. The van der Waals surface area contributed by atoms with Gasteiger partial charge in [-0.2, -0.15) is 0 Å². The number of carbonyl (C=O) groups is 9. The number of aromatic amines is 2. The van der Waals surface area contributed by atoms with Crippen molar-refractivity contribution in [2.45, 2.75) is 121 Å². The summed E-state index contributed by atoms with van der Waals surface area (Å²) in [5.74, 6) is -6.62. The normalized spacial score (nSPS) is 13.2. The van der Waals surface area contributed by atoms with Crippen LogP contribution in [0.5, 0.6) is 0 Å². The lowest BCUT2D eigenvalue weighted by atomic mass is 10.0. The van der Waals surface area contributed by atoms with Crippen molar-refractivity contribution in [3.05, 3.63) is 126 Å². The van der Waals surface area contributed by atoms with E-state index >= 15 is 0 Å². The van der Waals surface area contributed by atoms with Crippen LogP contribution in [0.3, 0.4) is 0 Å². The van der Waals surface area contributed by atoms with E-state index in [1.165, 1.54) is 19.4 Å². The largest absolute Gasteiger partial charge is 0.370 e. The lowest BCUT2D eigenvalue weighted by molar-refractivity contribution is -0.135. The number of primary amides is 1. The van der Waals surface area contributed by atoms with Gasteiger partial charge in [0, 0.05) is 74.7 Å². The molecule has 5 aromatic rings. The molecule has 0 spiro atoms. The molecule has 0 bridgehead atoms. The van der Waals surface area contributed by atoms with Gasteiger partial charge in [0.25, 0.3) is 0 Å². The zero-order valence-corrected chi connectivity index (χ0v) is 43.8. The average Bonchev–Trinajstić information content (AvgIpc) is 4.11. The molecule has 24 heteroatoms. The zero-order chi connectivity index (χ0) is 56.4. The summed E-state index contributed by atoms with van der Waals surface area (Å²) in [6.07, 6.45) is 5.26. The molecule has 0 aliphatic heterocycles. The fourth-order valence-corrected chi connectivity index (χ4v) is 8.38. The van der Waals surface area contributed by atoms with Crippen molar-refractivity contribution in [2.24, 2.45) is 22.2 Å². The number of carbonyl (C=O) groups excluding carboxylic acids is 9. The van der Waals surface area contributed by atoms with Crippen molar-refractivity contribution in [3.63, 3.8) is 0 Å². The molecule has 9 amide bonds. The zero-order valence-electron chi connectivity index (χ0n) is 43.8. The Kier molecular flexibility index (Phi) is 23.8. The Morgan fingerprint density at radius 2 is 1.12 bits per heavy atom. The van der Waals surface area contributed by atoms with Gasteiger partial charge in [-0.05, 0) is 48.4 Å². The second-order valence-corrected chi connectivity index (χ2v) is 18.7. The van der Waals surface area contributed by atoms with Crippen LogP contribution in [0, 0.1) is 0 Å². The Hall–Kier alpha value is -9.09. The van der Waals surface area contributed by atoms with E-state index in [1.807, 2.05) is 61.5 Å². The maximum atomic E-state index is 14.7. The van der Waals surface area contributed by atoms with Crippen molar-refractivity contribution in [3.8, 4) is 0 Å². The highest BCUT2D eigenvalue weighted by atomic mass is 16.2. The standard InChI is InChI=1S/C54H71N15O9/c1-3-4-19-40(64-33(2)70)49(74)66-42(22-23-46(55)71)51(76)69-45(27-37-30-58-32-63-37)53(78)67-43(25-34-14-7-5-8-15-34)52(77)65-41(21-13-24-59-54(56)57)50(75)68-44(26-36-29-60-39-20-12-11-18-38(36)39)48(73)62-31-47(72)61-28-35-16-9-6-10-17-35/h5-12,14-18,20,29-30,32,40-45,60H,3-4,13,19,21-28,31H2,1-2H3,(H2,55,71)(H,58,63)(H,61,72)(H,62,73)(H,64,70)(H,65,77)(H,66,74)(H,67,78)(H,68,75)(H,69,76)(H4,56,57,59)/t40-,41-,42-,43+,44+,45-/m0/s1. The first kappa shape index (κ1) is 59.8. The molecule has 0 aliphatic carbocycles. The SMILES string of the molecule is CCCC[C@H](NC(C)=O)C(=O)N[C@@H](CCC(N)=O)C(=O)N[C@@H](Cc1cnc[nH]1)C(=O)N[C@H](Cc1ccccc1)C(=O)N[C@@H](CCCN=C(N)N)C(=O)N[C@H](Cc1c[nH]c2ccccc12)C(=O)NCC(=O)NCc1ccccc1. The number of aromatic nitrogens is 3. The van der Waals surface area contributed by atoms with Crippen molar-refractivity contribution >= 4 is 70.0 Å². The monoisotopic (exact) mass is 1070 g/mol. The minimum Gasteiger partial charge on any atom is -0.370 e. The number of amides is 9. The van der Waals surface area contributed by atoms with Crippen LogP contribution in [0.4, 0.5) is 0 Å². The van der Waals surface area contributed by atoms with Crippen LogP contribution in [-0.4, -0.2) is 123 Å². The Morgan fingerprint density at radius 3 is 1.71 bits per heavy atom. The van der Waals surface area contributed by atoms with Gasteiger partial charge in [-0.3, -0.25) is 48.1 Å². The summed E-state index contributed by atoms with van der Waals surface area (Å²) in [6.45, 7) is 3.03. The lowest BCUT2D eigenvalue weighted by Gasteiger charge is -2.28. The number of benzene rings is 3. The minimum atomic E-state index is -1.44. The van der Waals surface area contributed by atoms with E-state index in [2.05, 4.69) is 62.5 Å². The van der Waals surface area contributed by atoms with Crippen LogP contribution in [0.1, 0.15) is 81.2 Å². The van der Waals surface area contributed by atoms with Gasteiger partial charge < -0.3 is 69.7 Å². The predicted molar refractivity (Wildman–Crippen MR) is 291 cm³/mol. The van der Waals surface area contributed by atoms with Crippen LogP contribution in [-0.2, 0) is 69.0 Å². The summed E-state index contributed by atoms with van der Waals surface area (Å²) in [7, 11) is 0. The molecule has 16 N–H and O–H groups in total. The highest BCUT2D eigenvalue weighted by Crippen LogP contribution is 2.20. The van der Waals surface area contributed by atoms with E-state index in [0.717, 1.165) is 16.5 Å². The van der Waals surface area contributed by atoms with Gasteiger partial charge >= 0.3 is 0 Å². The van der Waals surface area contributed by atoms with Gasteiger partial charge in [0.05, 0.1) is 12.9 Å². The number of guanidine groups is 1. The van der Waals surface area contributed by atoms with Crippen LogP contribution in [0.15, 0.2) is 109 Å². The molecule has 0 unspecified atom stereocenters. The maximum Gasteiger partial charge on any atom is 0.243 e. The fraction of sp³-hybridized carbons (Fsp3) is 0.389. The number of nitrogens with one attached hydrogen (secondary N) is 10. The molecule has 24 nitrogen and oxygen atoms in total. The summed E-state index contributed by atoms with van der Waals surface area (Å²) in [5.41, 5.74) is 20.0. The molecule has 0 saturated carbocycles. The van der Waals surface area contributed by atoms with Gasteiger partial charge in [-0.1, -0.05) is 98.6 Å². The van der Waals surface area contributed by atoms with Gasteiger partial charge in [0.1, 0.15) is 36.3 Å². The number of nitrogens with two attached hydrogens (primary N) is 3. The molecule has 6 atom stereocenters. The smallest absolute Gasteiger partial charge is 0.243 e. The van der Waals surface area contributed by atoms with E-state index in [-0.39, 0.29) is 70.4 Å². The molecule has 5 rings (SSSR count). The molecule has 416 valence electrons. The van der Waals surface area contributed by atoms with Crippen LogP contribution >= 0.6 is 0 Å².